The molecule has 0 aliphatic carbocycles. The molecule has 0 saturated heterocycles. The minimum Gasteiger partial charge on any atom is -0.308 e. The Kier molecular flexibility index (Phi) is 6.19. The lowest BCUT2D eigenvalue weighted by Gasteiger charge is -2.11. The van der Waals surface area contributed by atoms with Crippen molar-refractivity contribution < 1.29 is 4.79 Å². The van der Waals surface area contributed by atoms with Crippen molar-refractivity contribution in [3.05, 3.63) is 53.8 Å². The number of hydrogen-bond acceptors (Lipinski definition) is 7. The lowest BCUT2D eigenvalue weighted by atomic mass is 10.0. The van der Waals surface area contributed by atoms with Crippen LogP contribution in [0.3, 0.4) is 0 Å². The van der Waals surface area contributed by atoms with Crippen molar-refractivity contribution in [2.24, 2.45) is 5.92 Å². The Hall–Kier alpha value is -3.02. The summed E-state index contributed by atoms with van der Waals surface area (Å²) in [4.78, 5) is 16.3. The summed E-state index contributed by atoms with van der Waals surface area (Å²) < 4.78 is 1.82. The zero-order chi connectivity index (χ0) is 20.1. The van der Waals surface area contributed by atoms with Crippen LogP contribution in [0.2, 0.25) is 5.02 Å². The first kappa shape index (κ1) is 19.7. The first-order valence-electron chi connectivity index (χ1n) is 8.23. The Morgan fingerprint density at radius 1 is 1.25 bits per heavy atom. The molecule has 1 N–H and O–H groups in total. The van der Waals surface area contributed by atoms with Gasteiger partial charge in [0.1, 0.15) is 5.92 Å². The molecule has 2 aromatic heterocycles. The van der Waals surface area contributed by atoms with Crippen LogP contribution in [0.5, 0.6) is 0 Å². The maximum atomic E-state index is 12.3. The van der Waals surface area contributed by atoms with Crippen LogP contribution < -0.4 is 0 Å². The lowest BCUT2D eigenvalue weighted by molar-refractivity contribution is -0.117. The summed E-state index contributed by atoms with van der Waals surface area (Å²) >= 11 is 7.18. The number of Topliss-reactive ketones (excluding diaryl/α,β-unsaturated/α-hetero) is 1. The fourth-order valence-corrected chi connectivity index (χ4v) is 3.49. The zero-order valence-corrected chi connectivity index (χ0v) is 16.4. The minimum atomic E-state index is -1.04. The van der Waals surface area contributed by atoms with Gasteiger partial charge < -0.3 is 5.41 Å². The van der Waals surface area contributed by atoms with Gasteiger partial charge >= 0.3 is 0 Å². The van der Waals surface area contributed by atoms with Crippen LogP contribution in [0.15, 0.2) is 53.9 Å². The van der Waals surface area contributed by atoms with Crippen LogP contribution in [-0.2, 0) is 4.79 Å². The minimum absolute atomic E-state index is 0.0104. The second-order valence-corrected chi connectivity index (χ2v) is 7.23. The maximum absolute atomic E-state index is 12.3. The van der Waals surface area contributed by atoms with Crippen molar-refractivity contribution in [2.45, 2.75) is 12.1 Å². The van der Waals surface area contributed by atoms with Gasteiger partial charge in [0, 0.05) is 34.4 Å². The molecule has 3 rings (SSSR count). The number of carbonyl (C=O) groups excluding carboxylic acids is 1. The SMILES string of the molecule is CC(=N)C(C#N)C(=O)CSc1nnc(-c2ccncc2)n1-c1ccc(Cl)cc1. The molecule has 0 saturated carbocycles. The zero-order valence-electron chi connectivity index (χ0n) is 14.8. The van der Waals surface area contributed by atoms with Gasteiger partial charge in [-0.1, -0.05) is 23.4 Å². The molecule has 0 bridgehead atoms. The second kappa shape index (κ2) is 8.78. The van der Waals surface area contributed by atoms with Crippen molar-refractivity contribution >= 4 is 34.9 Å². The average Bonchev–Trinajstić information content (AvgIpc) is 3.12. The molecule has 0 fully saturated rings. The van der Waals surface area contributed by atoms with Gasteiger partial charge in [-0.05, 0) is 43.3 Å². The standard InChI is InChI=1S/C19H15ClN6OS/c1-12(22)16(10-21)17(27)11-28-19-25-24-18(13-6-8-23-9-7-13)26(19)15-4-2-14(20)3-5-15/h2-9,16,22H,11H2,1H3. The van der Waals surface area contributed by atoms with E-state index in [4.69, 9.17) is 22.3 Å². The van der Waals surface area contributed by atoms with Gasteiger partial charge in [-0.2, -0.15) is 5.26 Å². The van der Waals surface area contributed by atoms with E-state index in [9.17, 15) is 4.79 Å². The predicted molar refractivity (Wildman–Crippen MR) is 108 cm³/mol. The first-order valence-corrected chi connectivity index (χ1v) is 9.59. The Morgan fingerprint density at radius 3 is 2.54 bits per heavy atom. The maximum Gasteiger partial charge on any atom is 0.196 e. The molecule has 0 spiro atoms. The van der Waals surface area contributed by atoms with E-state index in [0.717, 1.165) is 11.3 Å². The molecule has 1 unspecified atom stereocenters. The molecule has 2 heterocycles. The highest BCUT2D eigenvalue weighted by Gasteiger charge is 2.22. The largest absolute Gasteiger partial charge is 0.308 e. The summed E-state index contributed by atoms with van der Waals surface area (Å²) in [5.41, 5.74) is 1.64. The molecule has 0 amide bonds. The normalized spacial score (nSPS) is 11.6. The van der Waals surface area contributed by atoms with Gasteiger partial charge in [0.2, 0.25) is 0 Å². The third kappa shape index (κ3) is 4.27. The van der Waals surface area contributed by atoms with Gasteiger partial charge in [-0.3, -0.25) is 14.3 Å². The first-order chi connectivity index (χ1) is 13.5. The highest BCUT2D eigenvalue weighted by atomic mass is 35.5. The van der Waals surface area contributed by atoms with Crippen LogP contribution in [0, 0.1) is 22.7 Å². The Bertz CT molecular complexity index is 1040. The van der Waals surface area contributed by atoms with Crippen LogP contribution in [0.1, 0.15) is 6.92 Å². The molecule has 0 radical (unpaired) electrons. The van der Waals surface area contributed by atoms with Gasteiger partial charge in [0.05, 0.1) is 11.8 Å². The number of halogens is 1. The van der Waals surface area contributed by atoms with E-state index < -0.39 is 5.92 Å². The number of carbonyl (C=O) groups is 1. The molecule has 7 nitrogen and oxygen atoms in total. The summed E-state index contributed by atoms with van der Waals surface area (Å²) in [6, 6.07) is 12.7. The molecule has 3 aromatic rings. The van der Waals surface area contributed by atoms with Crippen molar-refractivity contribution in [2.75, 3.05) is 5.75 Å². The van der Waals surface area contributed by atoms with Gasteiger partial charge in [0.15, 0.2) is 16.8 Å². The summed E-state index contributed by atoms with van der Waals surface area (Å²) in [6.07, 6.45) is 3.33. The second-order valence-electron chi connectivity index (χ2n) is 5.85. The molecule has 1 aromatic carbocycles. The topological polar surface area (TPSA) is 108 Å². The average molecular weight is 411 g/mol. The van der Waals surface area contributed by atoms with Gasteiger partial charge in [0.25, 0.3) is 0 Å². The van der Waals surface area contributed by atoms with Crippen molar-refractivity contribution in [1.29, 1.82) is 10.7 Å². The van der Waals surface area contributed by atoms with Crippen LogP contribution in [0.4, 0.5) is 0 Å². The predicted octanol–water partition coefficient (Wildman–Crippen LogP) is 3.82. The monoisotopic (exact) mass is 410 g/mol. The van der Waals surface area contributed by atoms with E-state index in [2.05, 4.69) is 15.2 Å². The third-order valence-electron chi connectivity index (χ3n) is 3.88. The fraction of sp³-hybridized carbons (Fsp3) is 0.158. The number of ketones is 1. The summed E-state index contributed by atoms with van der Waals surface area (Å²) in [7, 11) is 0. The molecule has 0 aliphatic heterocycles. The van der Waals surface area contributed by atoms with Gasteiger partial charge in [-0.25, -0.2) is 0 Å². The van der Waals surface area contributed by atoms with E-state index in [-0.39, 0.29) is 17.2 Å². The Morgan fingerprint density at radius 2 is 1.93 bits per heavy atom. The fourth-order valence-electron chi connectivity index (χ4n) is 2.50. The summed E-state index contributed by atoms with van der Waals surface area (Å²) in [6.45, 7) is 1.45. The highest BCUT2D eigenvalue weighted by molar-refractivity contribution is 7.99. The number of benzene rings is 1. The summed E-state index contributed by atoms with van der Waals surface area (Å²) in [5, 5.41) is 26.3. The van der Waals surface area contributed by atoms with E-state index in [0.29, 0.717) is 16.0 Å². The Labute approximate surface area is 170 Å². The third-order valence-corrected chi connectivity index (χ3v) is 5.09. The Balaban J connectivity index is 1.97. The number of pyridine rings is 1. The van der Waals surface area contributed by atoms with Crippen molar-refractivity contribution in [1.82, 2.24) is 19.7 Å². The number of nitrogens with one attached hydrogen (secondary N) is 1. The van der Waals surface area contributed by atoms with E-state index in [1.807, 2.05) is 34.9 Å². The van der Waals surface area contributed by atoms with Crippen LogP contribution >= 0.6 is 23.4 Å². The lowest BCUT2D eigenvalue weighted by Crippen LogP contribution is -2.21. The molecule has 9 heteroatoms. The van der Waals surface area contributed by atoms with Gasteiger partial charge in [-0.15, -0.1) is 10.2 Å². The van der Waals surface area contributed by atoms with Crippen LogP contribution in [0.25, 0.3) is 17.1 Å². The molecule has 1 atom stereocenters. The molecule has 140 valence electrons. The number of rotatable bonds is 7. The number of aromatic nitrogens is 4. The van der Waals surface area contributed by atoms with E-state index in [1.54, 1.807) is 24.5 Å². The van der Waals surface area contributed by atoms with E-state index in [1.165, 1.54) is 18.7 Å². The molecular formula is C19H15ClN6OS. The quantitative estimate of drug-likeness (QED) is 0.468. The number of thioether (sulfide) groups is 1. The van der Waals surface area contributed by atoms with Crippen molar-refractivity contribution in [3.63, 3.8) is 0 Å². The number of hydrogen-bond donors (Lipinski definition) is 1. The smallest absolute Gasteiger partial charge is 0.196 e. The number of nitriles is 1. The summed E-state index contributed by atoms with van der Waals surface area (Å²) in [5.74, 6) is -0.772. The molecular weight excluding hydrogens is 396 g/mol. The van der Waals surface area contributed by atoms with Crippen LogP contribution in [-0.4, -0.2) is 37.0 Å². The van der Waals surface area contributed by atoms with E-state index >= 15 is 0 Å². The molecule has 28 heavy (non-hydrogen) atoms. The molecule has 0 aliphatic rings. The van der Waals surface area contributed by atoms with Crippen molar-refractivity contribution in [3.8, 4) is 23.1 Å². The highest BCUT2D eigenvalue weighted by Crippen LogP contribution is 2.28. The number of nitrogens with zero attached hydrogens (tertiary/aromatic N) is 5.